The first kappa shape index (κ1) is 20.3. The summed E-state index contributed by atoms with van der Waals surface area (Å²) in [6, 6.07) is 11.9. The SMILES string of the molecule is Nc1ncc(Br)cc1-c1ccc(C(=O)N[C@H](CO)c2cccc(Cl)c2)c(F)c1. The summed E-state index contributed by atoms with van der Waals surface area (Å²) in [6.45, 7) is -0.355. The van der Waals surface area contributed by atoms with Crippen molar-refractivity contribution in [1.29, 1.82) is 0 Å². The molecule has 28 heavy (non-hydrogen) atoms. The van der Waals surface area contributed by atoms with Crippen molar-refractivity contribution in [2.24, 2.45) is 0 Å². The second kappa shape index (κ2) is 8.68. The number of nitrogens with one attached hydrogen (secondary N) is 1. The molecule has 1 atom stereocenters. The predicted octanol–water partition coefficient (Wildman–Crippen LogP) is 4.35. The van der Waals surface area contributed by atoms with Crippen LogP contribution in [0, 0.1) is 5.82 Å². The van der Waals surface area contributed by atoms with Crippen LogP contribution in [-0.4, -0.2) is 22.6 Å². The molecular weight excluding hydrogens is 449 g/mol. The van der Waals surface area contributed by atoms with E-state index >= 15 is 0 Å². The molecule has 0 unspecified atom stereocenters. The number of nitrogens with two attached hydrogens (primary N) is 1. The van der Waals surface area contributed by atoms with Gasteiger partial charge < -0.3 is 16.2 Å². The molecule has 2 aromatic carbocycles. The minimum atomic E-state index is -0.713. The molecule has 3 rings (SSSR count). The molecule has 0 saturated heterocycles. The number of anilines is 1. The second-order valence-electron chi connectivity index (χ2n) is 6.04. The Morgan fingerprint density at radius 3 is 2.75 bits per heavy atom. The number of aromatic nitrogens is 1. The number of rotatable bonds is 5. The Kier molecular flexibility index (Phi) is 6.28. The lowest BCUT2D eigenvalue weighted by atomic mass is 10.0. The number of aliphatic hydroxyl groups is 1. The van der Waals surface area contributed by atoms with E-state index in [9.17, 15) is 14.3 Å². The highest BCUT2D eigenvalue weighted by Gasteiger charge is 2.19. The zero-order valence-corrected chi connectivity index (χ0v) is 16.8. The van der Waals surface area contributed by atoms with E-state index in [1.54, 1.807) is 42.6 Å². The van der Waals surface area contributed by atoms with E-state index in [0.717, 1.165) is 0 Å². The van der Waals surface area contributed by atoms with E-state index in [1.807, 2.05) is 0 Å². The fourth-order valence-corrected chi connectivity index (χ4v) is 3.27. The first-order valence-corrected chi connectivity index (χ1v) is 9.44. The highest BCUT2D eigenvalue weighted by Crippen LogP contribution is 2.28. The Hall–Kier alpha value is -2.48. The third-order valence-electron chi connectivity index (χ3n) is 4.15. The molecular formula is C20H16BrClFN3O2. The lowest BCUT2D eigenvalue weighted by Gasteiger charge is -2.17. The Labute approximate surface area is 174 Å². The van der Waals surface area contributed by atoms with Gasteiger partial charge in [-0.2, -0.15) is 0 Å². The summed E-state index contributed by atoms with van der Waals surface area (Å²) in [4.78, 5) is 16.5. The van der Waals surface area contributed by atoms with Crippen LogP contribution in [-0.2, 0) is 0 Å². The lowest BCUT2D eigenvalue weighted by Crippen LogP contribution is -2.31. The number of carbonyl (C=O) groups excluding carboxylic acids is 1. The standard InChI is InChI=1S/C20H16BrClFN3O2/c21-13-8-16(19(24)25-9-13)11-4-5-15(17(23)7-11)20(28)26-18(10-27)12-2-1-3-14(22)6-12/h1-9,18,27H,10H2,(H2,24,25)(H,26,28)/t18-/m1/s1. The van der Waals surface area contributed by atoms with Crippen molar-refractivity contribution >= 4 is 39.3 Å². The maximum Gasteiger partial charge on any atom is 0.254 e. The first-order valence-electron chi connectivity index (χ1n) is 8.27. The second-order valence-corrected chi connectivity index (χ2v) is 7.40. The Morgan fingerprint density at radius 1 is 1.29 bits per heavy atom. The van der Waals surface area contributed by atoms with Crippen LogP contribution in [0.15, 0.2) is 59.2 Å². The smallest absolute Gasteiger partial charge is 0.254 e. The van der Waals surface area contributed by atoms with Gasteiger partial charge >= 0.3 is 0 Å². The molecule has 0 aliphatic heterocycles. The van der Waals surface area contributed by atoms with Crippen LogP contribution >= 0.6 is 27.5 Å². The Balaban J connectivity index is 1.85. The molecule has 8 heteroatoms. The number of hydrogen-bond donors (Lipinski definition) is 3. The molecule has 4 N–H and O–H groups in total. The molecule has 0 radical (unpaired) electrons. The minimum Gasteiger partial charge on any atom is -0.394 e. The molecule has 1 aromatic heterocycles. The number of halogens is 3. The monoisotopic (exact) mass is 463 g/mol. The number of amides is 1. The normalized spacial score (nSPS) is 11.9. The number of nitrogen functional groups attached to an aromatic ring is 1. The van der Waals surface area contributed by atoms with Crippen molar-refractivity contribution in [3.05, 3.63) is 81.2 Å². The number of benzene rings is 2. The van der Waals surface area contributed by atoms with Gasteiger partial charge in [-0.15, -0.1) is 0 Å². The molecule has 1 amide bonds. The molecule has 0 aliphatic rings. The van der Waals surface area contributed by atoms with Crippen LogP contribution in [0.25, 0.3) is 11.1 Å². The first-order chi connectivity index (χ1) is 13.4. The zero-order chi connectivity index (χ0) is 20.3. The van der Waals surface area contributed by atoms with E-state index in [2.05, 4.69) is 26.2 Å². The number of hydrogen-bond acceptors (Lipinski definition) is 4. The summed E-state index contributed by atoms with van der Waals surface area (Å²) >= 11 is 9.25. The van der Waals surface area contributed by atoms with E-state index < -0.39 is 17.8 Å². The highest BCUT2D eigenvalue weighted by molar-refractivity contribution is 9.10. The average Bonchev–Trinajstić information content (AvgIpc) is 2.67. The van der Waals surface area contributed by atoms with Crippen LogP contribution in [0.5, 0.6) is 0 Å². The van der Waals surface area contributed by atoms with Gasteiger partial charge in [-0.3, -0.25) is 4.79 Å². The van der Waals surface area contributed by atoms with Gasteiger partial charge in [-0.05, 0) is 57.4 Å². The van der Waals surface area contributed by atoms with Crippen molar-refractivity contribution < 1.29 is 14.3 Å². The number of nitrogens with zero attached hydrogens (tertiary/aromatic N) is 1. The van der Waals surface area contributed by atoms with Gasteiger partial charge in [0.05, 0.1) is 18.2 Å². The molecule has 0 spiro atoms. The summed E-state index contributed by atoms with van der Waals surface area (Å²) < 4.78 is 15.3. The van der Waals surface area contributed by atoms with Crippen LogP contribution in [0.4, 0.5) is 10.2 Å². The van der Waals surface area contributed by atoms with Crippen LogP contribution in [0.1, 0.15) is 22.0 Å². The van der Waals surface area contributed by atoms with E-state index in [-0.39, 0.29) is 18.0 Å². The third-order valence-corrected chi connectivity index (χ3v) is 4.82. The summed E-state index contributed by atoms with van der Waals surface area (Å²) in [6.07, 6.45) is 1.54. The number of carbonyl (C=O) groups is 1. The third kappa shape index (κ3) is 4.49. The van der Waals surface area contributed by atoms with Gasteiger partial charge in [-0.25, -0.2) is 9.37 Å². The van der Waals surface area contributed by atoms with Crippen LogP contribution < -0.4 is 11.1 Å². The van der Waals surface area contributed by atoms with Crippen LogP contribution in [0.2, 0.25) is 5.02 Å². The molecule has 1 heterocycles. The van der Waals surface area contributed by atoms with Gasteiger partial charge in [0, 0.05) is 21.3 Å². The number of aliphatic hydroxyl groups excluding tert-OH is 1. The van der Waals surface area contributed by atoms with Gasteiger partial charge in [0.1, 0.15) is 11.6 Å². The summed E-state index contributed by atoms with van der Waals surface area (Å²) in [5, 5.41) is 12.7. The molecule has 0 bridgehead atoms. The van der Waals surface area contributed by atoms with Crippen molar-refractivity contribution in [3.63, 3.8) is 0 Å². The Morgan fingerprint density at radius 2 is 2.07 bits per heavy atom. The summed E-state index contributed by atoms with van der Waals surface area (Å²) in [5.74, 6) is -1.11. The fourth-order valence-electron chi connectivity index (χ4n) is 2.74. The predicted molar refractivity (Wildman–Crippen MR) is 110 cm³/mol. The Bertz CT molecular complexity index is 1030. The average molecular weight is 465 g/mol. The molecule has 144 valence electrons. The van der Waals surface area contributed by atoms with Gasteiger partial charge in [0.25, 0.3) is 5.91 Å². The van der Waals surface area contributed by atoms with Crippen molar-refractivity contribution in [2.45, 2.75) is 6.04 Å². The highest BCUT2D eigenvalue weighted by atomic mass is 79.9. The summed E-state index contributed by atoms with van der Waals surface area (Å²) in [5.41, 5.74) is 7.37. The van der Waals surface area contributed by atoms with E-state index in [0.29, 0.717) is 26.2 Å². The maximum absolute atomic E-state index is 14.6. The zero-order valence-electron chi connectivity index (χ0n) is 14.5. The van der Waals surface area contributed by atoms with E-state index in [1.165, 1.54) is 12.1 Å². The number of pyridine rings is 1. The summed E-state index contributed by atoms with van der Waals surface area (Å²) in [7, 11) is 0. The van der Waals surface area contributed by atoms with Crippen LogP contribution in [0.3, 0.4) is 0 Å². The van der Waals surface area contributed by atoms with E-state index in [4.69, 9.17) is 17.3 Å². The van der Waals surface area contributed by atoms with Gasteiger partial charge in [-0.1, -0.05) is 29.8 Å². The molecule has 0 saturated carbocycles. The fraction of sp³-hybridized carbons (Fsp3) is 0.100. The van der Waals surface area contributed by atoms with Crippen molar-refractivity contribution in [1.82, 2.24) is 10.3 Å². The van der Waals surface area contributed by atoms with Crippen molar-refractivity contribution in [2.75, 3.05) is 12.3 Å². The molecule has 5 nitrogen and oxygen atoms in total. The quantitative estimate of drug-likeness (QED) is 0.524. The molecule has 3 aromatic rings. The minimum absolute atomic E-state index is 0.147. The lowest BCUT2D eigenvalue weighted by molar-refractivity contribution is 0.0912. The maximum atomic E-state index is 14.6. The largest absolute Gasteiger partial charge is 0.394 e. The topological polar surface area (TPSA) is 88.2 Å². The van der Waals surface area contributed by atoms with Gasteiger partial charge in [0.2, 0.25) is 0 Å². The molecule has 0 aliphatic carbocycles. The van der Waals surface area contributed by atoms with Crippen molar-refractivity contribution in [3.8, 4) is 11.1 Å². The molecule has 0 fully saturated rings. The van der Waals surface area contributed by atoms with Gasteiger partial charge in [0.15, 0.2) is 0 Å².